The predicted molar refractivity (Wildman–Crippen MR) is 83.8 cm³/mol. The Bertz CT molecular complexity index is 594. The summed E-state index contributed by atoms with van der Waals surface area (Å²) >= 11 is 0. The standard InChI is InChI=1S/C17H22N2O2/c1-13-11-15(21-14(13)2)12-18-7-9-19(10-8-18)16-5-3-4-6-17(16)20/h3-6,11,20H,7-10,12H2,1-2H3. The molecule has 0 spiro atoms. The molecule has 1 aliphatic heterocycles. The van der Waals surface area contributed by atoms with Crippen LogP contribution in [0, 0.1) is 13.8 Å². The van der Waals surface area contributed by atoms with Gasteiger partial charge in [-0.3, -0.25) is 4.90 Å². The molecule has 0 amide bonds. The van der Waals surface area contributed by atoms with Gasteiger partial charge in [-0.15, -0.1) is 0 Å². The number of benzene rings is 1. The molecular formula is C17H22N2O2. The second-order valence-corrected chi connectivity index (χ2v) is 5.70. The third-order valence-electron chi connectivity index (χ3n) is 4.19. The molecule has 3 rings (SSSR count). The van der Waals surface area contributed by atoms with Crippen LogP contribution in [0.3, 0.4) is 0 Å². The van der Waals surface area contributed by atoms with Crippen LogP contribution in [0.1, 0.15) is 17.1 Å². The van der Waals surface area contributed by atoms with Gasteiger partial charge in [-0.1, -0.05) is 12.1 Å². The molecule has 0 atom stereocenters. The Morgan fingerprint density at radius 2 is 1.81 bits per heavy atom. The summed E-state index contributed by atoms with van der Waals surface area (Å²) in [6.45, 7) is 8.77. The van der Waals surface area contributed by atoms with E-state index < -0.39 is 0 Å². The summed E-state index contributed by atoms with van der Waals surface area (Å²) in [6.07, 6.45) is 0. The van der Waals surface area contributed by atoms with Gasteiger partial charge in [-0.25, -0.2) is 0 Å². The zero-order valence-electron chi connectivity index (χ0n) is 12.7. The first kappa shape index (κ1) is 14.0. The van der Waals surface area contributed by atoms with Crippen LogP contribution < -0.4 is 4.90 Å². The van der Waals surface area contributed by atoms with Gasteiger partial charge in [0, 0.05) is 26.2 Å². The summed E-state index contributed by atoms with van der Waals surface area (Å²) in [4.78, 5) is 4.64. The van der Waals surface area contributed by atoms with Crippen molar-refractivity contribution in [2.24, 2.45) is 0 Å². The molecule has 1 aliphatic rings. The Morgan fingerprint density at radius 3 is 2.43 bits per heavy atom. The summed E-state index contributed by atoms with van der Waals surface area (Å²) in [7, 11) is 0. The molecular weight excluding hydrogens is 264 g/mol. The molecule has 1 N–H and O–H groups in total. The largest absolute Gasteiger partial charge is 0.506 e. The Hall–Kier alpha value is -1.94. The summed E-state index contributed by atoms with van der Waals surface area (Å²) in [6, 6.07) is 9.68. The number of anilines is 1. The molecule has 1 aromatic heterocycles. The fraction of sp³-hybridized carbons (Fsp3) is 0.412. The van der Waals surface area contributed by atoms with Crippen LogP contribution in [0.4, 0.5) is 5.69 Å². The van der Waals surface area contributed by atoms with Crippen LogP contribution in [0.5, 0.6) is 5.75 Å². The number of phenolic OH excluding ortho intramolecular Hbond substituents is 1. The van der Waals surface area contributed by atoms with Crippen molar-refractivity contribution in [1.82, 2.24) is 4.90 Å². The average Bonchev–Trinajstić information content (AvgIpc) is 2.79. The molecule has 1 saturated heterocycles. The van der Waals surface area contributed by atoms with Crippen LogP contribution in [0.25, 0.3) is 0 Å². The highest BCUT2D eigenvalue weighted by Gasteiger charge is 2.20. The molecule has 2 aromatic rings. The van der Waals surface area contributed by atoms with Crippen molar-refractivity contribution in [3.05, 3.63) is 47.4 Å². The van der Waals surface area contributed by atoms with Gasteiger partial charge < -0.3 is 14.4 Å². The maximum absolute atomic E-state index is 9.93. The van der Waals surface area contributed by atoms with Crippen LogP contribution in [0.2, 0.25) is 0 Å². The monoisotopic (exact) mass is 286 g/mol. The zero-order chi connectivity index (χ0) is 14.8. The Balaban J connectivity index is 1.59. The van der Waals surface area contributed by atoms with E-state index in [1.165, 1.54) is 5.56 Å². The van der Waals surface area contributed by atoms with E-state index >= 15 is 0 Å². The van der Waals surface area contributed by atoms with Gasteiger partial charge >= 0.3 is 0 Å². The lowest BCUT2D eigenvalue weighted by molar-refractivity contribution is 0.229. The van der Waals surface area contributed by atoms with Gasteiger partial charge in [0.2, 0.25) is 0 Å². The smallest absolute Gasteiger partial charge is 0.138 e. The highest BCUT2D eigenvalue weighted by atomic mass is 16.3. The normalized spacial score (nSPS) is 16.4. The SMILES string of the molecule is Cc1cc(CN2CCN(c3ccccc3O)CC2)oc1C. The number of piperazine rings is 1. The number of nitrogens with zero attached hydrogens (tertiary/aromatic N) is 2. The quantitative estimate of drug-likeness (QED) is 0.942. The van der Waals surface area contributed by atoms with Crippen LogP contribution >= 0.6 is 0 Å². The predicted octanol–water partition coefficient (Wildman–Crippen LogP) is 2.92. The molecule has 0 aliphatic carbocycles. The third kappa shape index (κ3) is 3.05. The highest BCUT2D eigenvalue weighted by molar-refractivity contribution is 5.57. The number of para-hydroxylation sites is 2. The number of hydrogen-bond acceptors (Lipinski definition) is 4. The second kappa shape index (κ2) is 5.82. The lowest BCUT2D eigenvalue weighted by atomic mass is 10.2. The average molecular weight is 286 g/mol. The molecule has 1 fully saturated rings. The van der Waals surface area contributed by atoms with Crippen molar-refractivity contribution in [2.45, 2.75) is 20.4 Å². The zero-order valence-corrected chi connectivity index (χ0v) is 12.7. The molecule has 0 bridgehead atoms. The number of rotatable bonds is 3. The van der Waals surface area contributed by atoms with Crippen molar-refractivity contribution >= 4 is 5.69 Å². The van der Waals surface area contributed by atoms with Crippen molar-refractivity contribution in [2.75, 3.05) is 31.1 Å². The van der Waals surface area contributed by atoms with Crippen LogP contribution in [0.15, 0.2) is 34.7 Å². The first-order chi connectivity index (χ1) is 10.1. The summed E-state index contributed by atoms with van der Waals surface area (Å²) in [5.74, 6) is 2.42. The van der Waals surface area contributed by atoms with Crippen molar-refractivity contribution in [1.29, 1.82) is 0 Å². The third-order valence-corrected chi connectivity index (χ3v) is 4.19. The van der Waals surface area contributed by atoms with E-state index in [2.05, 4.69) is 22.8 Å². The minimum atomic E-state index is 0.364. The van der Waals surface area contributed by atoms with Crippen LogP contribution in [-0.4, -0.2) is 36.2 Å². The molecule has 21 heavy (non-hydrogen) atoms. The van der Waals surface area contributed by atoms with E-state index in [1.54, 1.807) is 6.07 Å². The van der Waals surface area contributed by atoms with E-state index in [9.17, 15) is 5.11 Å². The lowest BCUT2D eigenvalue weighted by Crippen LogP contribution is -2.45. The van der Waals surface area contributed by atoms with E-state index in [4.69, 9.17) is 4.42 Å². The molecule has 4 heteroatoms. The Kier molecular flexibility index (Phi) is 3.88. The number of aromatic hydroxyl groups is 1. The second-order valence-electron chi connectivity index (χ2n) is 5.70. The van der Waals surface area contributed by atoms with E-state index in [1.807, 2.05) is 25.1 Å². The number of aryl methyl sites for hydroxylation is 2. The molecule has 0 saturated carbocycles. The van der Waals surface area contributed by atoms with Crippen molar-refractivity contribution in [3.63, 3.8) is 0 Å². The van der Waals surface area contributed by atoms with Crippen LogP contribution in [-0.2, 0) is 6.54 Å². The molecule has 2 heterocycles. The number of phenols is 1. The molecule has 1 aromatic carbocycles. The van der Waals surface area contributed by atoms with Gasteiger partial charge in [0.05, 0.1) is 12.2 Å². The van der Waals surface area contributed by atoms with Crippen molar-refractivity contribution in [3.8, 4) is 5.75 Å². The number of hydrogen-bond donors (Lipinski definition) is 1. The molecule has 0 radical (unpaired) electrons. The Morgan fingerprint density at radius 1 is 1.10 bits per heavy atom. The van der Waals surface area contributed by atoms with Gasteiger partial charge in [0.15, 0.2) is 0 Å². The van der Waals surface area contributed by atoms with E-state index in [0.29, 0.717) is 5.75 Å². The summed E-state index contributed by atoms with van der Waals surface area (Å²) < 4.78 is 5.75. The molecule has 112 valence electrons. The van der Waals surface area contributed by atoms with Gasteiger partial charge in [-0.05, 0) is 37.6 Å². The highest BCUT2D eigenvalue weighted by Crippen LogP contribution is 2.27. The van der Waals surface area contributed by atoms with Gasteiger partial charge in [-0.2, -0.15) is 0 Å². The maximum Gasteiger partial charge on any atom is 0.138 e. The lowest BCUT2D eigenvalue weighted by Gasteiger charge is -2.35. The van der Waals surface area contributed by atoms with Crippen molar-refractivity contribution < 1.29 is 9.52 Å². The van der Waals surface area contributed by atoms with E-state index in [0.717, 1.165) is 49.9 Å². The first-order valence-corrected chi connectivity index (χ1v) is 7.44. The Labute approximate surface area is 125 Å². The fourth-order valence-corrected chi connectivity index (χ4v) is 2.83. The van der Waals surface area contributed by atoms with Gasteiger partial charge in [0.1, 0.15) is 17.3 Å². The minimum absolute atomic E-state index is 0.364. The molecule has 4 nitrogen and oxygen atoms in total. The molecule has 0 unspecified atom stereocenters. The summed E-state index contributed by atoms with van der Waals surface area (Å²) in [5.41, 5.74) is 2.15. The fourth-order valence-electron chi connectivity index (χ4n) is 2.83. The topological polar surface area (TPSA) is 39.9 Å². The maximum atomic E-state index is 9.93. The number of furan rings is 1. The van der Waals surface area contributed by atoms with Gasteiger partial charge in [0.25, 0.3) is 0 Å². The first-order valence-electron chi connectivity index (χ1n) is 7.44. The minimum Gasteiger partial charge on any atom is -0.506 e. The van der Waals surface area contributed by atoms with E-state index in [-0.39, 0.29) is 0 Å². The summed E-state index contributed by atoms with van der Waals surface area (Å²) in [5, 5.41) is 9.93.